The molecule has 5 nitrogen and oxygen atoms in total. The van der Waals surface area contributed by atoms with Gasteiger partial charge in [-0.05, 0) is 17.7 Å². The normalized spacial score (nSPS) is 11.2. The first-order chi connectivity index (χ1) is 8.11. The Bertz CT molecular complexity index is 404. The van der Waals surface area contributed by atoms with Crippen LogP contribution in [0.4, 0.5) is 0 Å². The van der Waals surface area contributed by atoms with E-state index < -0.39 is 0 Å². The van der Waals surface area contributed by atoms with Crippen molar-refractivity contribution in [2.75, 3.05) is 6.54 Å². The fraction of sp³-hybridized carbons (Fsp3) is 0.273. The molecule has 0 aliphatic carbocycles. The number of hydrogen-bond donors (Lipinski definition) is 3. The molecule has 0 bridgehead atoms. The molecule has 0 aliphatic rings. The highest BCUT2D eigenvalue weighted by atomic mass is 79.9. The number of nitrogens with two attached hydrogens (primary N) is 1. The van der Waals surface area contributed by atoms with E-state index in [-0.39, 0.29) is 11.7 Å². The second-order valence-electron chi connectivity index (χ2n) is 3.49. The molecule has 0 heterocycles. The fourth-order valence-corrected chi connectivity index (χ4v) is 1.49. The van der Waals surface area contributed by atoms with Gasteiger partial charge in [-0.3, -0.25) is 4.79 Å². The number of hydrogen-bond acceptors (Lipinski definition) is 3. The third kappa shape index (κ3) is 5.35. The summed E-state index contributed by atoms with van der Waals surface area (Å²) in [5.41, 5.74) is 6.21. The topological polar surface area (TPSA) is 87.7 Å². The average molecular weight is 300 g/mol. The summed E-state index contributed by atoms with van der Waals surface area (Å²) in [6, 6.07) is 7.54. The summed E-state index contributed by atoms with van der Waals surface area (Å²) >= 11 is 3.33. The Hall–Kier alpha value is -1.56. The van der Waals surface area contributed by atoms with Crippen molar-refractivity contribution in [1.82, 2.24) is 5.32 Å². The first kappa shape index (κ1) is 13.5. The van der Waals surface area contributed by atoms with Crippen LogP contribution >= 0.6 is 15.9 Å². The number of nitrogens with one attached hydrogen (secondary N) is 1. The number of amidine groups is 1. The Kier molecular flexibility index (Phi) is 5.48. The maximum Gasteiger partial charge on any atom is 0.224 e. The highest BCUT2D eigenvalue weighted by Gasteiger charge is 2.03. The van der Waals surface area contributed by atoms with E-state index in [4.69, 9.17) is 10.9 Å². The molecule has 0 aliphatic heterocycles. The largest absolute Gasteiger partial charge is 0.409 e. The van der Waals surface area contributed by atoms with Crippen LogP contribution in [0.3, 0.4) is 0 Å². The molecular weight excluding hydrogens is 286 g/mol. The van der Waals surface area contributed by atoms with Gasteiger partial charge in [-0.15, -0.1) is 0 Å². The first-order valence-corrected chi connectivity index (χ1v) is 5.88. The van der Waals surface area contributed by atoms with Crippen LogP contribution in [0.2, 0.25) is 0 Å². The van der Waals surface area contributed by atoms with Crippen LogP contribution in [0.1, 0.15) is 12.0 Å². The van der Waals surface area contributed by atoms with E-state index in [0.29, 0.717) is 19.4 Å². The van der Waals surface area contributed by atoms with Crippen molar-refractivity contribution in [1.29, 1.82) is 0 Å². The Morgan fingerprint density at radius 2 is 2.06 bits per heavy atom. The maximum atomic E-state index is 11.5. The molecule has 0 fully saturated rings. The van der Waals surface area contributed by atoms with E-state index in [2.05, 4.69) is 26.4 Å². The quantitative estimate of drug-likeness (QED) is 0.331. The lowest BCUT2D eigenvalue weighted by Crippen LogP contribution is -2.29. The number of oxime groups is 1. The third-order valence-electron chi connectivity index (χ3n) is 2.11. The van der Waals surface area contributed by atoms with Crippen molar-refractivity contribution in [3.63, 3.8) is 0 Å². The number of carbonyl (C=O) groups is 1. The van der Waals surface area contributed by atoms with Crippen LogP contribution < -0.4 is 11.1 Å². The number of nitrogens with zero attached hydrogens (tertiary/aromatic N) is 1. The Balaban J connectivity index is 2.32. The number of carbonyl (C=O) groups excluding carboxylic acids is 1. The predicted molar refractivity (Wildman–Crippen MR) is 68.9 cm³/mol. The second-order valence-corrected chi connectivity index (χ2v) is 4.41. The summed E-state index contributed by atoms with van der Waals surface area (Å²) in [6.07, 6.45) is 0.659. The molecule has 92 valence electrons. The Morgan fingerprint density at radius 3 is 2.65 bits per heavy atom. The zero-order valence-electron chi connectivity index (χ0n) is 9.19. The summed E-state index contributed by atoms with van der Waals surface area (Å²) in [6.45, 7) is 0.366. The minimum atomic E-state index is -0.0851. The molecule has 1 amide bonds. The molecule has 17 heavy (non-hydrogen) atoms. The van der Waals surface area contributed by atoms with Crippen LogP contribution in [0.25, 0.3) is 0 Å². The molecule has 0 saturated carbocycles. The molecule has 4 N–H and O–H groups in total. The van der Waals surface area contributed by atoms with Crippen LogP contribution in [0, 0.1) is 0 Å². The van der Waals surface area contributed by atoms with Crippen molar-refractivity contribution in [2.45, 2.75) is 12.8 Å². The maximum absolute atomic E-state index is 11.5. The number of benzene rings is 1. The van der Waals surface area contributed by atoms with Gasteiger partial charge in [0.1, 0.15) is 5.84 Å². The van der Waals surface area contributed by atoms with Gasteiger partial charge in [0.05, 0.1) is 6.42 Å². The summed E-state index contributed by atoms with van der Waals surface area (Å²) in [7, 11) is 0. The molecule has 6 heteroatoms. The van der Waals surface area contributed by atoms with Gasteiger partial charge in [0.2, 0.25) is 5.91 Å². The van der Waals surface area contributed by atoms with Crippen molar-refractivity contribution in [3.8, 4) is 0 Å². The lowest BCUT2D eigenvalue weighted by atomic mass is 10.1. The fourth-order valence-electron chi connectivity index (χ4n) is 1.23. The van der Waals surface area contributed by atoms with E-state index in [0.717, 1.165) is 10.0 Å². The van der Waals surface area contributed by atoms with Crippen LogP contribution in [0.5, 0.6) is 0 Å². The van der Waals surface area contributed by atoms with E-state index in [9.17, 15) is 4.79 Å². The van der Waals surface area contributed by atoms with E-state index in [1.165, 1.54) is 0 Å². The van der Waals surface area contributed by atoms with Gasteiger partial charge in [-0.2, -0.15) is 0 Å². The van der Waals surface area contributed by atoms with Crippen LogP contribution in [-0.4, -0.2) is 23.5 Å². The van der Waals surface area contributed by atoms with Crippen LogP contribution in [-0.2, 0) is 11.2 Å². The molecule has 0 radical (unpaired) electrons. The first-order valence-electron chi connectivity index (χ1n) is 5.09. The molecule has 1 aromatic carbocycles. The molecule has 0 unspecified atom stereocenters. The zero-order chi connectivity index (χ0) is 12.7. The number of halogens is 1. The smallest absolute Gasteiger partial charge is 0.224 e. The predicted octanol–water partition coefficient (Wildman–Crippen LogP) is 1.24. The molecule has 0 saturated heterocycles. The highest BCUT2D eigenvalue weighted by molar-refractivity contribution is 9.10. The molecule has 0 atom stereocenters. The van der Waals surface area contributed by atoms with Crippen molar-refractivity contribution >= 4 is 27.7 Å². The van der Waals surface area contributed by atoms with Gasteiger partial charge < -0.3 is 16.3 Å². The third-order valence-corrected chi connectivity index (χ3v) is 2.64. The summed E-state index contributed by atoms with van der Waals surface area (Å²) in [5, 5.41) is 13.8. The van der Waals surface area contributed by atoms with Crippen molar-refractivity contribution in [3.05, 3.63) is 34.3 Å². The lowest BCUT2D eigenvalue weighted by Gasteiger charge is -2.04. The van der Waals surface area contributed by atoms with Gasteiger partial charge in [0.25, 0.3) is 0 Å². The van der Waals surface area contributed by atoms with E-state index >= 15 is 0 Å². The molecule has 0 aromatic heterocycles. The SMILES string of the molecule is N/C(CCNC(=O)Cc1ccc(Br)cc1)=N/O. The minimum absolute atomic E-state index is 0.0851. The zero-order valence-corrected chi connectivity index (χ0v) is 10.8. The minimum Gasteiger partial charge on any atom is -0.409 e. The average Bonchev–Trinajstić information content (AvgIpc) is 2.32. The van der Waals surface area contributed by atoms with E-state index in [1.54, 1.807) is 0 Å². The molecular formula is C11H14BrN3O2. The molecule has 0 spiro atoms. The standard InChI is InChI=1S/C11H14BrN3O2/c12-9-3-1-8(2-4-9)7-11(16)14-6-5-10(13)15-17/h1-4,17H,5-7H2,(H2,13,15)(H,14,16). The monoisotopic (exact) mass is 299 g/mol. The van der Waals surface area contributed by atoms with Gasteiger partial charge in [0.15, 0.2) is 0 Å². The van der Waals surface area contributed by atoms with Gasteiger partial charge in [-0.1, -0.05) is 33.2 Å². The molecule has 1 aromatic rings. The Morgan fingerprint density at radius 1 is 1.41 bits per heavy atom. The van der Waals surface area contributed by atoms with Crippen molar-refractivity contribution < 1.29 is 10.0 Å². The molecule has 1 rings (SSSR count). The highest BCUT2D eigenvalue weighted by Crippen LogP contribution is 2.10. The van der Waals surface area contributed by atoms with Gasteiger partial charge in [-0.25, -0.2) is 0 Å². The second kappa shape index (κ2) is 6.90. The van der Waals surface area contributed by atoms with E-state index in [1.807, 2.05) is 24.3 Å². The Labute approximate surface area is 108 Å². The van der Waals surface area contributed by atoms with Gasteiger partial charge in [0, 0.05) is 17.4 Å². The van der Waals surface area contributed by atoms with Crippen molar-refractivity contribution in [2.24, 2.45) is 10.9 Å². The summed E-state index contributed by atoms with van der Waals surface area (Å²) in [5.74, 6) is 0.0204. The summed E-state index contributed by atoms with van der Waals surface area (Å²) < 4.78 is 0.980. The number of rotatable bonds is 5. The lowest BCUT2D eigenvalue weighted by molar-refractivity contribution is -0.120. The number of amides is 1. The summed E-state index contributed by atoms with van der Waals surface area (Å²) in [4.78, 5) is 11.5. The van der Waals surface area contributed by atoms with Crippen LogP contribution in [0.15, 0.2) is 33.9 Å². The van der Waals surface area contributed by atoms with Gasteiger partial charge >= 0.3 is 0 Å².